The van der Waals surface area contributed by atoms with Crippen LogP contribution in [0, 0.1) is 5.82 Å². The highest BCUT2D eigenvalue weighted by atomic mass is 32.2. The van der Waals surface area contributed by atoms with Crippen molar-refractivity contribution in [2.75, 3.05) is 11.4 Å². The predicted octanol–water partition coefficient (Wildman–Crippen LogP) is 4.68. The number of benzene rings is 2. The summed E-state index contributed by atoms with van der Waals surface area (Å²) in [6, 6.07) is 9.80. The molecule has 0 amide bonds. The molecule has 2 aromatic carbocycles. The molecule has 0 bridgehead atoms. The van der Waals surface area contributed by atoms with Gasteiger partial charge in [0.15, 0.2) is 0 Å². The van der Waals surface area contributed by atoms with Crippen molar-refractivity contribution < 1.29 is 22.3 Å². The quantitative estimate of drug-likeness (QED) is 0.442. The first-order valence-corrected chi connectivity index (χ1v) is 12.3. The summed E-state index contributed by atoms with van der Waals surface area (Å²) in [5, 5.41) is 0. The maximum absolute atomic E-state index is 13.2. The second kappa shape index (κ2) is 9.51. The van der Waals surface area contributed by atoms with Crippen molar-refractivity contribution in [1.82, 2.24) is 9.55 Å². The Morgan fingerprint density at radius 2 is 1.82 bits per heavy atom. The first-order valence-electron chi connectivity index (χ1n) is 10.9. The molecular formula is C24H30FN3O4S. The third-order valence-corrected chi connectivity index (χ3v) is 6.91. The van der Waals surface area contributed by atoms with Crippen LogP contribution in [0.3, 0.4) is 0 Å². The Morgan fingerprint density at radius 3 is 2.42 bits per heavy atom. The zero-order valence-electron chi connectivity index (χ0n) is 19.6. The number of unbranched alkanes of at least 4 members (excludes halogenated alkanes) is 1. The molecule has 0 unspecified atom stereocenters. The third-order valence-electron chi connectivity index (χ3n) is 5.11. The number of rotatable bonds is 8. The number of aromatic nitrogens is 2. The first kappa shape index (κ1) is 24.7. The molecule has 178 valence electrons. The number of anilines is 1. The number of halogens is 1. The van der Waals surface area contributed by atoms with Crippen LogP contribution < -0.4 is 4.31 Å². The Labute approximate surface area is 194 Å². The largest absolute Gasteiger partial charge is 0.459 e. The van der Waals surface area contributed by atoms with Gasteiger partial charge in [-0.05, 0) is 69.7 Å². The van der Waals surface area contributed by atoms with Gasteiger partial charge in [0.05, 0.1) is 21.6 Å². The van der Waals surface area contributed by atoms with Gasteiger partial charge in [0.2, 0.25) is 0 Å². The zero-order valence-corrected chi connectivity index (χ0v) is 20.4. The molecular weight excluding hydrogens is 445 g/mol. The number of esters is 1. The number of hydrogen-bond acceptors (Lipinski definition) is 5. The summed E-state index contributed by atoms with van der Waals surface area (Å²) in [5.74, 6) is -0.119. The number of nitrogens with zero attached hydrogens (tertiary/aromatic N) is 3. The summed E-state index contributed by atoms with van der Waals surface area (Å²) < 4.78 is 47.7. The highest BCUT2D eigenvalue weighted by Crippen LogP contribution is 2.27. The molecule has 3 aromatic rings. The number of carbonyl (C=O) groups excluding carboxylic acids is 1. The number of aryl methyl sites for hydroxylation is 1. The third kappa shape index (κ3) is 5.71. The molecule has 0 aliphatic rings. The van der Waals surface area contributed by atoms with E-state index in [1.165, 1.54) is 19.2 Å². The van der Waals surface area contributed by atoms with Gasteiger partial charge < -0.3 is 9.30 Å². The van der Waals surface area contributed by atoms with Crippen molar-refractivity contribution in [3.63, 3.8) is 0 Å². The van der Waals surface area contributed by atoms with E-state index in [1.54, 1.807) is 18.2 Å². The van der Waals surface area contributed by atoms with E-state index in [-0.39, 0.29) is 17.4 Å². The van der Waals surface area contributed by atoms with Crippen LogP contribution in [0.15, 0.2) is 47.4 Å². The van der Waals surface area contributed by atoms with Crippen LogP contribution >= 0.6 is 0 Å². The van der Waals surface area contributed by atoms with Crippen molar-refractivity contribution >= 4 is 32.7 Å². The lowest BCUT2D eigenvalue weighted by Gasteiger charge is -2.20. The van der Waals surface area contributed by atoms with E-state index in [4.69, 9.17) is 9.72 Å². The molecule has 0 atom stereocenters. The van der Waals surface area contributed by atoms with Crippen LogP contribution in [-0.2, 0) is 32.5 Å². The minimum Gasteiger partial charge on any atom is -0.459 e. The Kier molecular flexibility index (Phi) is 7.11. The molecule has 9 heteroatoms. The van der Waals surface area contributed by atoms with Gasteiger partial charge in [0.25, 0.3) is 10.0 Å². The van der Waals surface area contributed by atoms with Gasteiger partial charge in [0.1, 0.15) is 23.8 Å². The van der Waals surface area contributed by atoms with Gasteiger partial charge >= 0.3 is 5.97 Å². The second-order valence-electron chi connectivity index (χ2n) is 8.90. The normalized spacial score (nSPS) is 12.2. The number of ether oxygens (including phenoxy) is 1. The molecule has 0 saturated carbocycles. The molecule has 0 radical (unpaired) electrons. The van der Waals surface area contributed by atoms with Crippen LogP contribution in [0.4, 0.5) is 10.1 Å². The summed E-state index contributed by atoms with van der Waals surface area (Å²) >= 11 is 0. The first-order chi connectivity index (χ1) is 15.4. The number of fused-ring (bicyclic) bond motifs is 1. The van der Waals surface area contributed by atoms with Crippen molar-refractivity contribution in [3.05, 3.63) is 54.1 Å². The van der Waals surface area contributed by atoms with Gasteiger partial charge in [0, 0.05) is 13.5 Å². The van der Waals surface area contributed by atoms with Crippen LogP contribution in [0.25, 0.3) is 11.0 Å². The van der Waals surface area contributed by atoms with Crippen LogP contribution in [0.1, 0.15) is 46.4 Å². The van der Waals surface area contributed by atoms with Crippen molar-refractivity contribution in [2.24, 2.45) is 0 Å². The van der Waals surface area contributed by atoms with E-state index >= 15 is 0 Å². The molecule has 1 aromatic heterocycles. The number of hydrogen-bond donors (Lipinski definition) is 0. The van der Waals surface area contributed by atoms with E-state index in [1.807, 2.05) is 25.3 Å². The monoisotopic (exact) mass is 475 g/mol. The highest BCUT2D eigenvalue weighted by Gasteiger charge is 2.23. The van der Waals surface area contributed by atoms with Gasteiger partial charge in [-0.25, -0.2) is 17.8 Å². The average molecular weight is 476 g/mol. The van der Waals surface area contributed by atoms with Crippen LogP contribution in [0.5, 0.6) is 0 Å². The smallest absolute Gasteiger partial charge is 0.326 e. The minimum absolute atomic E-state index is 0.00872. The molecule has 0 aliphatic carbocycles. The van der Waals surface area contributed by atoms with Gasteiger partial charge in [-0.3, -0.25) is 9.10 Å². The summed E-state index contributed by atoms with van der Waals surface area (Å²) in [6.45, 7) is 7.56. The van der Waals surface area contributed by atoms with E-state index in [2.05, 4.69) is 6.92 Å². The number of carbonyl (C=O) groups is 1. The fraction of sp³-hybridized carbons (Fsp3) is 0.417. The lowest BCUT2D eigenvalue weighted by atomic mass is 10.2. The maximum atomic E-state index is 13.2. The lowest BCUT2D eigenvalue weighted by Crippen LogP contribution is -2.27. The fourth-order valence-corrected chi connectivity index (χ4v) is 4.66. The van der Waals surface area contributed by atoms with E-state index in [9.17, 15) is 17.6 Å². The minimum atomic E-state index is -3.88. The summed E-state index contributed by atoms with van der Waals surface area (Å²) in [6.07, 6.45) is 2.57. The maximum Gasteiger partial charge on any atom is 0.326 e. The van der Waals surface area contributed by atoms with Crippen molar-refractivity contribution in [2.45, 2.75) is 64.0 Å². The fourth-order valence-electron chi connectivity index (χ4n) is 3.47. The standard InChI is InChI=1S/C24H30FN3O4S/c1-6-7-8-22-26-20-15-18(27(5)33(30,31)19-12-9-17(25)10-13-19)11-14-21(20)28(22)16-23(29)32-24(2,3)4/h9-15H,6-8,16H2,1-5H3. The highest BCUT2D eigenvalue weighted by molar-refractivity contribution is 7.92. The zero-order chi connectivity index (χ0) is 24.4. The van der Waals surface area contributed by atoms with Crippen molar-refractivity contribution in [1.29, 1.82) is 0 Å². The summed E-state index contributed by atoms with van der Waals surface area (Å²) in [7, 11) is -2.44. The Balaban J connectivity index is 1.98. The van der Waals surface area contributed by atoms with Gasteiger partial charge in [-0.2, -0.15) is 0 Å². The average Bonchev–Trinajstić information content (AvgIpc) is 3.07. The molecule has 0 saturated heterocycles. The van der Waals surface area contributed by atoms with Gasteiger partial charge in [-0.1, -0.05) is 13.3 Å². The molecule has 0 spiro atoms. The Hall–Kier alpha value is -2.94. The number of sulfonamides is 1. The topological polar surface area (TPSA) is 81.5 Å². The molecule has 0 fully saturated rings. The molecule has 7 nitrogen and oxygen atoms in total. The Morgan fingerprint density at radius 1 is 1.15 bits per heavy atom. The summed E-state index contributed by atoms with van der Waals surface area (Å²) in [5.41, 5.74) is 1.13. The van der Waals surface area contributed by atoms with Crippen LogP contribution in [0.2, 0.25) is 0 Å². The summed E-state index contributed by atoms with van der Waals surface area (Å²) in [4.78, 5) is 17.2. The SMILES string of the molecule is CCCCc1nc2cc(N(C)S(=O)(=O)c3ccc(F)cc3)ccc2n1CC(=O)OC(C)(C)C. The second-order valence-corrected chi connectivity index (χ2v) is 10.9. The lowest BCUT2D eigenvalue weighted by molar-refractivity contribution is -0.155. The molecule has 1 heterocycles. The van der Waals surface area contributed by atoms with Gasteiger partial charge in [-0.15, -0.1) is 0 Å². The predicted molar refractivity (Wildman–Crippen MR) is 126 cm³/mol. The van der Waals surface area contributed by atoms with Crippen molar-refractivity contribution in [3.8, 4) is 0 Å². The molecule has 0 aliphatic heterocycles. The van der Waals surface area contributed by atoms with E-state index < -0.39 is 21.4 Å². The molecule has 0 N–H and O–H groups in total. The molecule has 33 heavy (non-hydrogen) atoms. The Bertz CT molecular complexity index is 1250. The van der Waals surface area contributed by atoms with E-state index in [0.717, 1.165) is 40.6 Å². The van der Waals surface area contributed by atoms with Crippen LogP contribution in [-0.4, -0.2) is 36.6 Å². The number of imidazole rings is 1. The van der Waals surface area contributed by atoms with E-state index in [0.29, 0.717) is 17.6 Å². The molecule has 3 rings (SSSR count).